The number of anilines is 2. The van der Waals surface area contributed by atoms with Crippen LogP contribution >= 0.6 is 0 Å². The number of carbonyl (C=O) groups excluding carboxylic acids is 2. The van der Waals surface area contributed by atoms with E-state index in [-0.39, 0.29) is 11.9 Å². The van der Waals surface area contributed by atoms with Gasteiger partial charge in [-0.05, 0) is 30.2 Å². The predicted molar refractivity (Wildman–Crippen MR) is 93.2 cm³/mol. The Morgan fingerprint density at radius 1 is 1.08 bits per heavy atom. The molecular formula is C19H19N3O2. The Bertz CT molecular complexity index is 805. The third-order valence-electron chi connectivity index (χ3n) is 5.08. The minimum atomic E-state index is -0.598. The molecule has 0 bridgehead atoms. The number of likely N-dealkylation sites (tertiary alicyclic amines) is 1. The van der Waals surface area contributed by atoms with Crippen molar-refractivity contribution in [3.63, 3.8) is 0 Å². The highest BCUT2D eigenvalue weighted by Crippen LogP contribution is 2.46. The first-order valence-electron chi connectivity index (χ1n) is 8.10. The average molecular weight is 321 g/mol. The Balaban J connectivity index is 1.58. The van der Waals surface area contributed by atoms with Gasteiger partial charge in [-0.3, -0.25) is 4.79 Å². The Morgan fingerprint density at radius 2 is 1.79 bits per heavy atom. The second-order valence-corrected chi connectivity index (χ2v) is 6.43. The van der Waals surface area contributed by atoms with Crippen LogP contribution < -0.4 is 10.2 Å². The molecule has 1 fully saturated rings. The molecule has 24 heavy (non-hydrogen) atoms. The van der Waals surface area contributed by atoms with Crippen LogP contribution in [-0.2, 0) is 10.2 Å². The van der Waals surface area contributed by atoms with Crippen LogP contribution in [0, 0.1) is 0 Å². The lowest BCUT2D eigenvalue weighted by Gasteiger charge is -2.23. The Kier molecular flexibility index (Phi) is 3.30. The molecule has 2 aliphatic heterocycles. The van der Waals surface area contributed by atoms with Gasteiger partial charge in [0.1, 0.15) is 0 Å². The summed E-state index contributed by atoms with van der Waals surface area (Å²) < 4.78 is 0. The summed E-state index contributed by atoms with van der Waals surface area (Å²) in [6.45, 7) is 0.998. The molecule has 1 spiro atoms. The van der Waals surface area contributed by atoms with Crippen molar-refractivity contribution in [1.82, 2.24) is 4.90 Å². The molecule has 2 aromatic carbocycles. The maximum absolute atomic E-state index is 12.9. The normalized spacial score (nSPS) is 22.1. The van der Waals surface area contributed by atoms with Crippen molar-refractivity contribution < 1.29 is 9.59 Å². The molecule has 2 heterocycles. The highest BCUT2D eigenvalue weighted by molar-refractivity contribution is 6.08. The van der Waals surface area contributed by atoms with Crippen LogP contribution in [0.5, 0.6) is 0 Å². The maximum Gasteiger partial charge on any atom is 0.321 e. The Labute approximate surface area is 140 Å². The Hall–Kier alpha value is -2.82. The number of rotatable bonds is 1. The minimum absolute atomic E-state index is 0.0821. The molecule has 5 heteroatoms. The summed E-state index contributed by atoms with van der Waals surface area (Å²) in [5.74, 6) is 0.0821. The lowest BCUT2D eigenvalue weighted by atomic mass is 9.81. The molecular weight excluding hydrogens is 302 g/mol. The molecule has 2 aromatic rings. The summed E-state index contributed by atoms with van der Waals surface area (Å²) in [6, 6.07) is 17.1. The Morgan fingerprint density at radius 3 is 2.58 bits per heavy atom. The highest BCUT2D eigenvalue weighted by atomic mass is 16.2. The molecule has 122 valence electrons. The average Bonchev–Trinajstić information content (AvgIpc) is 3.15. The molecule has 1 saturated heterocycles. The van der Waals surface area contributed by atoms with Crippen LogP contribution in [0.3, 0.4) is 0 Å². The van der Waals surface area contributed by atoms with Gasteiger partial charge in [0.2, 0.25) is 5.91 Å². The summed E-state index contributed by atoms with van der Waals surface area (Å²) in [6.07, 6.45) is 0.662. The van der Waals surface area contributed by atoms with Crippen LogP contribution in [0.25, 0.3) is 0 Å². The molecule has 3 amide bonds. The molecule has 5 nitrogen and oxygen atoms in total. The smallest absolute Gasteiger partial charge is 0.321 e. The zero-order valence-corrected chi connectivity index (χ0v) is 13.5. The zero-order chi connectivity index (χ0) is 16.7. The third-order valence-corrected chi connectivity index (χ3v) is 5.08. The van der Waals surface area contributed by atoms with E-state index in [1.807, 2.05) is 61.6 Å². The standard InChI is InChI=1S/C19H19N3O2/c1-21-16-10-6-5-9-15(16)19(17(21)23)11-12-22(13-19)18(24)20-14-7-3-2-4-8-14/h2-10H,11-13H2,1H3,(H,20,24)/t19-/m0/s1. The number of para-hydroxylation sites is 2. The summed E-state index contributed by atoms with van der Waals surface area (Å²) in [7, 11) is 1.81. The van der Waals surface area contributed by atoms with Crippen LogP contribution in [0.15, 0.2) is 54.6 Å². The summed E-state index contributed by atoms with van der Waals surface area (Å²) in [5.41, 5.74) is 2.15. The highest BCUT2D eigenvalue weighted by Gasteiger charge is 2.54. The first-order valence-corrected chi connectivity index (χ1v) is 8.10. The van der Waals surface area contributed by atoms with Crippen LogP contribution in [0.1, 0.15) is 12.0 Å². The summed E-state index contributed by atoms with van der Waals surface area (Å²) in [5, 5.41) is 2.90. The lowest BCUT2D eigenvalue weighted by molar-refractivity contribution is -0.122. The number of likely N-dealkylation sites (N-methyl/N-ethyl adjacent to an activating group) is 1. The number of amides is 3. The summed E-state index contributed by atoms with van der Waals surface area (Å²) in [4.78, 5) is 28.9. The monoisotopic (exact) mass is 321 g/mol. The molecule has 0 radical (unpaired) electrons. The minimum Gasteiger partial charge on any atom is -0.323 e. The van der Waals surface area contributed by atoms with Gasteiger partial charge in [0.25, 0.3) is 0 Å². The van der Waals surface area contributed by atoms with E-state index in [0.717, 1.165) is 16.9 Å². The van der Waals surface area contributed by atoms with Crippen LogP contribution in [-0.4, -0.2) is 37.0 Å². The van der Waals surface area contributed by atoms with Crippen LogP contribution in [0.4, 0.5) is 16.2 Å². The number of benzene rings is 2. The molecule has 0 unspecified atom stereocenters. The second kappa shape index (κ2) is 5.37. The predicted octanol–water partition coefficient (Wildman–Crippen LogP) is 2.84. The van der Waals surface area contributed by atoms with E-state index >= 15 is 0 Å². The molecule has 0 aromatic heterocycles. The van der Waals surface area contributed by atoms with E-state index < -0.39 is 5.41 Å². The van der Waals surface area contributed by atoms with Crippen molar-refractivity contribution >= 4 is 23.3 Å². The van der Waals surface area contributed by atoms with E-state index in [4.69, 9.17) is 0 Å². The zero-order valence-electron chi connectivity index (χ0n) is 13.5. The van der Waals surface area contributed by atoms with E-state index in [1.54, 1.807) is 9.80 Å². The van der Waals surface area contributed by atoms with E-state index in [2.05, 4.69) is 5.32 Å². The molecule has 1 atom stereocenters. The largest absolute Gasteiger partial charge is 0.323 e. The molecule has 0 saturated carbocycles. The molecule has 0 aliphatic carbocycles. The second-order valence-electron chi connectivity index (χ2n) is 6.43. The number of fused-ring (bicyclic) bond motifs is 2. The van der Waals surface area contributed by atoms with Crippen molar-refractivity contribution in [1.29, 1.82) is 0 Å². The quantitative estimate of drug-likeness (QED) is 0.878. The van der Waals surface area contributed by atoms with Crippen molar-refractivity contribution in [2.75, 3.05) is 30.4 Å². The van der Waals surface area contributed by atoms with Gasteiger partial charge in [0, 0.05) is 31.5 Å². The number of hydrogen-bond acceptors (Lipinski definition) is 2. The fraction of sp³-hybridized carbons (Fsp3) is 0.263. The van der Waals surface area contributed by atoms with Gasteiger partial charge in [-0.25, -0.2) is 4.79 Å². The van der Waals surface area contributed by atoms with Crippen molar-refractivity contribution in [2.45, 2.75) is 11.8 Å². The van der Waals surface area contributed by atoms with E-state index in [9.17, 15) is 9.59 Å². The van der Waals surface area contributed by atoms with E-state index in [1.165, 1.54) is 0 Å². The molecule has 4 rings (SSSR count). The molecule has 2 aliphatic rings. The van der Waals surface area contributed by atoms with Gasteiger partial charge in [-0.2, -0.15) is 0 Å². The van der Waals surface area contributed by atoms with Crippen molar-refractivity contribution in [3.8, 4) is 0 Å². The van der Waals surface area contributed by atoms with Gasteiger partial charge in [0.15, 0.2) is 0 Å². The first-order chi connectivity index (χ1) is 11.6. The van der Waals surface area contributed by atoms with Gasteiger partial charge in [-0.15, -0.1) is 0 Å². The maximum atomic E-state index is 12.9. The van der Waals surface area contributed by atoms with Gasteiger partial charge in [0.05, 0.1) is 5.41 Å². The number of nitrogens with zero attached hydrogens (tertiary/aromatic N) is 2. The fourth-order valence-corrected chi connectivity index (χ4v) is 3.82. The molecule has 1 N–H and O–H groups in total. The fourth-order valence-electron chi connectivity index (χ4n) is 3.82. The van der Waals surface area contributed by atoms with Crippen molar-refractivity contribution in [3.05, 3.63) is 60.2 Å². The van der Waals surface area contributed by atoms with E-state index in [0.29, 0.717) is 19.5 Å². The number of carbonyl (C=O) groups is 2. The SMILES string of the molecule is CN1C(=O)[C@]2(CCN(C(=O)Nc3ccccc3)C2)c2ccccc21. The number of hydrogen-bond donors (Lipinski definition) is 1. The lowest BCUT2D eigenvalue weighted by Crippen LogP contribution is -2.42. The summed E-state index contributed by atoms with van der Waals surface area (Å²) >= 11 is 0. The topological polar surface area (TPSA) is 52.7 Å². The van der Waals surface area contributed by atoms with Gasteiger partial charge in [-0.1, -0.05) is 36.4 Å². The number of urea groups is 1. The van der Waals surface area contributed by atoms with Crippen molar-refractivity contribution in [2.24, 2.45) is 0 Å². The first kappa shape index (κ1) is 14.8. The van der Waals surface area contributed by atoms with Gasteiger partial charge < -0.3 is 15.1 Å². The third kappa shape index (κ3) is 2.08. The van der Waals surface area contributed by atoms with Gasteiger partial charge >= 0.3 is 6.03 Å². The number of nitrogens with one attached hydrogen (secondary N) is 1. The van der Waals surface area contributed by atoms with Crippen LogP contribution in [0.2, 0.25) is 0 Å².